The van der Waals surface area contributed by atoms with Gasteiger partial charge in [-0.15, -0.1) is 0 Å². The zero-order valence-electron chi connectivity index (χ0n) is 11.5. The normalized spacial score (nSPS) is 18.6. The fourth-order valence-corrected chi connectivity index (χ4v) is 1.99. The highest BCUT2D eigenvalue weighted by Crippen LogP contribution is 2.20. The summed E-state index contributed by atoms with van der Waals surface area (Å²) in [4.78, 5) is 4.28. The summed E-state index contributed by atoms with van der Waals surface area (Å²) in [5.74, 6) is 0.526. The number of nitrogens with one attached hydrogen (secondary N) is 1. The van der Waals surface area contributed by atoms with Crippen molar-refractivity contribution >= 4 is 5.96 Å². The number of hydrogen-bond acceptors (Lipinski definition) is 2. The lowest BCUT2D eigenvalue weighted by atomic mass is 10.1. The summed E-state index contributed by atoms with van der Waals surface area (Å²) in [6, 6.07) is 0. The van der Waals surface area contributed by atoms with Crippen LogP contribution in [-0.2, 0) is 4.74 Å². The van der Waals surface area contributed by atoms with Crippen molar-refractivity contribution in [3.05, 3.63) is 0 Å². The molecule has 1 rings (SSSR count). The van der Waals surface area contributed by atoms with Crippen LogP contribution in [0.15, 0.2) is 4.99 Å². The Morgan fingerprint density at radius 1 is 1.35 bits per heavy atom. The molecule has 0 amide bonds. The fraction of sp³-hybridized carbons (Fsp3) is 0.923. The molecule has 0 spiro atoms. The molecule has 0 radical (unpaired) electrons. The highest BCUT2D eigenvalue weighted by molar-refractivity contribution is 5.78. The molecule has 0 bridgehead atoms. The van der Waals surface area contributed by atoms with Crippen LogP contribution in [0.3, 0.4) is 0 Å². The van der Waals surface area contributed by atoms with E-state index >= 15 is 0 Å². The van der Waals surface area contributed by atoms with Gasteiger partial charge >= 0.3 is 0 Å². The van der Waals surface area contributed by atoms with E-state index in [9.17, 15) is 0 Å². The standard InChI is InChI=1S/C13H27N3O/c1-13(2,3)16-12(14)15-9-6-10-17-11-7-4-5-8-11/h11H,4-10H2,1-3H3,(H3,14,15,16). The van der Waals surface area contributed by atoms with Gasteiger partial charge in [0.1, 0.15) is 0 Å². The Morgan fingerprint density at radius 3 is 2.59 bits per heavy atom. The van der Waals surface area contributed by atoms with Crippen LogP contribution in [0.5, 0.6) is 0 Å². The average molecular weight is 241 g/mol. The minimum Gasteiger partial charge on any atom is -0.378 e. The molecule has 100 valence electrons. The second kappa shape index (κ2) is 6.84. The van der Waals surface area contributed by atoms with Crippen LogP contribution in [-0.4, -0.2) is 30.8 Å². The van der Waals surface area contributed by atoms with Crippen molar-refractivity contribution in [2.24, 2.45) is 10.7 Å². The largest absolute Gasteiger partial charge is 0.378 e. The lowest BCUT2D eigenvalue weighted by molar-refractivity contribution is 0.0579. The van der Waals surface area contributed by atoms with Gasteiger partial charge in [-0.1, -0.05) is 12.8 Å². The number of ether oxygens (including phenoxy) is 1. The molecule has 4 nitrogen and oxygen atoms in total. The molecular weight excluding hydrogens is 214 g/mol. The molecule has 0 aromatic heterocycles. The zero-order valence-corrected chi connectivity index (χ0v) is 11.5. The van der Waals surface area contributed by atoms with Gasteiger partial charge in [0, 0.05) is 18.7 Å². The number of nitrogens with two attached hydrogens (primary N) is 1. The van der Waals surface area contributed by atoms with E-state index in [1.54, 1.807) is 0 Å². The van der Waals surface area contributed by atoms with Crippen molar-refractivity contribution in [2.45, 2.75) is 64.5 Å². The molecule has 0 atom stereocenters. The third-order valence-electron chi connectivity index (χ3n) is 2.74. The van der Waals surface area contributed by atoms with E-state index in [2.05, 4.69) is 31.1 Å². The Balaban J connectivity index is 2.04. The predicted octanol–water partition coefficient (Wildman–Crippen LogP) is 2.04. The topological polar surface area (TPSA) is 59.6 Å². The molecule has 0 heterocycles. The predicted molar refractivity (Wildman–Crippen MR) is 72.2 cm³/mol. The molecule has 1 aliphatic rings. The van der Waals surface area contributed by atoms with E-state index in [4.69, 9.17) is 10.5 Å². The van der Waals surface area contributed by atoms with Crippen LogP contribution in [0, 0.1) is 0 Å². The van der Waals surface area contributed by atoms with E-state index in [0.29, 0.717) is 12.1 Å². The van der Waals surface area contributed by atoms with Gasteiger partial charge < -0.3 is 15.8 Å². The molecule has 0 saturated heterocycles. The molecule has 0 unspecified atom stereocenters. The number of hydrogen-bond donors (Lipinski definition) is 2. The molecule has 17 heavy (non-hydrogen) atoms. The number of nitrogens with zero attached hydrogens (tertiary/aromatic N) is 1. The third-order valence-corrected chi connectivity index (χ3v) is 2.74. The molecule has 4 heteroatoms. The molecule has 1 aliphatic carbocycles. The van der Waals surface area contributed by atoms with Crippen molar-refractivity contribution in [3.63, 3.8) is 0 Å². The van der Waals surface area contributed by atoms with E-state index in [0.717, 1.165) is 19.6 Å². The van der Waals surface area contributed by atoms with Crippen LogP contribution >= 0.6 is 0 Å². The van der Waals surface area contributed by atoms with Gasteiger partial charge in [0.25, 0.3) is 0 Å². The van der Waals surface area contributed by atoms with Crippen molar-refractivity contribution in [3.8, 4) is 0 Å². The average Bonchev–Trinajstić information content (AvgIpc) is 2.67. The van der Waals surface area contributed by atoms with Gasteiger partial charge in [-0.3, -0.25) is 4.99 Å². The van der Waals surface area contributed by atoms with Crippen LogP contribution < -0.4 is 11.1 Å². The van der Waals surface area contributed by atoms with Crippen LogP contribution in [0.4, 0.5) is 0 Å². The first kappa shape index (κ1) is 14.3. The second-order valence-electron chi connectivity index (χ2n) is 5.77. The maximum atomic E-state index is 5.76. The van der Waals surface area contributed by atoms with E-state index < -0.39 is 0 Å². The van der Waals surface area contributed by atoms with Gasteiger partial charge in [0.15, 0.2) is 5.96 Å². The number of guanidine groups is 1. The Kier molecular flexibility index (Phi) is 5.75. The number of rotatable bonds is 5. The van der Waals surface area contributed by atoms with Gasteiger partial charge in [0.05, 0.1) is 6.10 Å². The zero-order chi connectivity index (χ0) is 12.7. The first-order valence-electron chi connectivity index (χ1n) is 6.67. The van der Waals surface area contributed by atoms with E-state index in [1.165, 1.54) is 25.7 Å². The summed E-state index contributed by atoms with van der Waals surface area (Å²) < 4.78 is 5.76. The lowest BCUT2D eigenvalue weighted by Crippen LogP contribution is -2.45. The minimum atomic E-state index is -0.0199. The Labute approximate surface area is 105 Å². The van der Waals surface area contributed by atoms with Crippen molar-refractivity contribution in [1.29, 1.82) is 0 Å². The Hall–Kier alpha value is -0.770. The van der Waals surface area contributed by atoms with E-state index in [-0.39, 0.29) is 5.54 Å². The lowest BCUT2D eigenvalue weighted by Gasteiger charge is -2.21. The first-order valence-corrected chi connectivity index (χ1v) is 6.67. The molecule has 0 aliphatic heterocycles. The minimum absolute atomic E-state index is 0.0199. The monoisotopic (exact) mass is 241 g/mol. The smallest absolute Gasteiger partial charge is 0.188 e. The summed E-state index contributed by atoms with van der Waals surface area (Å²) >= 11 is 0. The summed E-state index contributed by atoms with van der Waals surface area (Å²) in [5, 5.41) is 3.14. The molecule has 3 N–H and O–H groups in total. The summed E-state index contributed by atoms with van der Waals surface area (Å²) in [7, 11) is 0. The Bertz CT molecular complexity index is 240. The fourth-order valence-electron chi connectivity index (χ4n) is 1.99. The summed E-state index contributed by atoms with van der Waals surface area (Å²) in [5.41, 5.74) is 5.74. The Morgan fingerprint density at radius 2 is 2.00 bits per heavy atom. The quantitative estimate of drug-likeness (QED) is 0.440. The van der Waals surface area contributed by atoms with Crippen LogP contribution in [0.1, 0.15) is 52.9 Å². The van der Waals surface area contributed by atoms with Gasteiger partial charge in [-0.2, -0.15) is 0 Å². The summed E-state index contributed by atoms with van der Waals surface area (Å²) in [6.07, 6.45) is 6.57. The highest BCUT2D eigenvalue weighted by Gasteiger charge is 2.14. The number of aliphatic imine (C=N–C) groups is 1. The highest BCUT2D eigenvalue weighted by atomic mass is 16.5. The van der Waals surface area contributed by atoms with Crippen LogP contribution in [0.25, 0.3) is 0 Å². The first-order chi connectivity index (χ1) is 7.97. The molecule has 1 saturated carbocycles. The summed E-state index contributed by atoms with van der Waals surface area (Å²) in [6.45, 7) is 7.74. The van der Waals surface area contributed by atoms with Gasteiger partial charge in [-0.25, -0.2) is 0 Å². The van der Waals surface area contributed by atoms with Crippen molar-refractivity contribution in [1.82, 2.24) is 5.32 Å². The van der Waals surface area contributed by atoms with Gasteiger partial charge in [0.2, 0.25) is 0 Å². The maximum Gasteiger partial charge on any atom is 0.188 e. The van der Waals surface area contributed by atoms with Crippen molar-refractivity contribution in [2.75, 3.05) is 13.2 Å². The maximum absolute atomic E-state index is 5.76. The molecule has 0 aromatic carbocycles. The van der Waals surface area contributed by atoms with Gasteiger partial charge in [-0.05, 0) is 40.0 Å². The third kappa shape index (κ3) is 7.21. The molecular formula is C13H27N3O. The SMILES string of the molecule is CC(C)(C)NC(N)=NCCCOC1CCCC1. The van der Waals surface area contributed by atoms with E-state index in [1.807, 2.05) is 0 Å². The van der Waals surface area contributed by atoms with Crippen LogP contribution in [0.2, 0.25) is 0 Å². The second-order valence-corrected chi connectivity index (χ2v) is 5.77. The molecule has 0 aromatic rings. The molecule has 1 fully saturated rings. The van der Waals surface area contributed by atoms with Crippen molar-refractivity contribution < 1.29 is 4.74 Å².